The van der Waals surface area contributed by atoms with Crippen molar-refractivity contribution in [1.29, 1.82) is 0 Å². The largest absolute Gasteiger partial charge is 0.194 e. The second-order valence-corrected chi connectivity index (χ2v) is 6.64. The van der Waals surface area contributed by atoms with Crippen LogP contribution in [0.3, 0.4) is 0 Å². The Morgan fingerprint density at radius 2 is 1.15 bits per heavy atom. The maximum atomic E-state index is 11.4. The molecule has 0 bridgehead atoms. The van der Waals surface area contributed by atoms with Crippen LogP contribution in [0, 0.1) is 5.92 Å². The number of hydrogen-bond donors (Lipinski definition) is 0. The highest BCUT2D eigenvalue weighted by Gasteiger charge is 2.12. The monoisotopic (exact) mass is 286 g/mol. The quantitative estimate of drug-likeness (QED) is 0.340. The number of unbranched alkanes of at least 4 members (excludes halogenated alkanes) is 9. The Kier molecular flexibility index (Phi) is 12.4. The lowest BCUT2D eigenvalue weighted by atomic mass is 9.85. The third-order valence-corrected chi connectivity index (χ3v) is 4.81. The first-order chi connectivity index (χ1) is 9.93. The zero-order valence-corrected chi connectivity index (χ0v) is 13.4. The summed E-state index contributed by atoms with van der Waals surface area (Å²) in [5.41, 5.74) is 0. The molecule has 1 fully saturated rings. The summed E-state index contributed by atoms with van der Waals surface area (Å²) in [6.07, 6.45) is 22.0. The van der Waals surface area contributed by atoms with E-state index < -0.39 is 0 Å². The molecule has 1 aliphatic rings. The van der Waals surface area contributed by atoms with Gasteiger partial charge >= 0.3 is 0 Å². The first kappa shape index (κ1) is 17.9. The molecule has 120 valence electrons. The molecule has 0 aromatic rings. The van der Waals surface area contributed by atoms with Gasteiger partial charge in [-0.1, -0.05) is 96.3 Å². The van der Waals surface area contributed by atoms with Gasteiger partial charge in [-0.3, -0.25) is 0 Å². The van der Waals surface area contributed by atoms with Gasteiger partial charge in [-0.05, 0) is 16.9 Å². The Morgan fingerprint density at radius 1 is 0.650 bits per heavy atom. The molecular formula is C18H35FO. The highest BCUT2D eigenvalue weighted by molar-refractivity contribution is 4.65. The second-order valence-electron chi connectivity index (χ2n) is 6.64. The maximum Gasteiger partial charge on any atom is 0.0876 e. The SMILES string of the molecule is FOCCCCCCCCCCCCC1CCCCC1. The van der Waals surface area contributed by atoms with Gasteiger partial charge in [0.1, 0.15) is 0 Å². The Bertz CT molecular complexity index is 190. The van der Waals surface area contributed by atoms with E-state index in [0.29, 0.717) is 0 Å². The fourth-order valence-corrected chi connectivity index (χ4v) is 3.48. The summed E-state index contributed by atoms with van der Waals surface area (Å²) in [5, 5.41) is 0. The van der Waals surface area contributed by atoms with Gasteiger partial charge in [0, 0.05) is 0 Å². The van der Waals surface area contributed by atoms with Crippen LogP contribution < -0.4 is 0 Å². The molecule has 0 atom stereocenters. The molecule has 1 rings (SSSR count). The van der Waals surface area contributed by atoms with Crippen molar-refractivity contribution in [3.63, 3.8) is 0 Å². The van der Waals surface area contributed by atoms with Crippen molar-refractivity contribution >= 4 is 0 Å². The Hall–Kier alpha value is -0.110. The Labute approximate surface area is 125 Å². The van der Waals surface area contributed by atoms with Crippen LogP contribution in [0.15, 0.2) is 0 Å². The Balaban J connectivity index is 1.70. The fraction of sp³-hybridized carbons (Fsp3) is 1.00. The van der Waals surface area contributed by atoms with Crippen molar-refractivity contribution in [2.45, 2.75) is 103 Å². The second kappa shape index (κ2) is 13.9. The summed E-state index contributed by atoms with van der Waals surface area (Å²) in [6.45, 7) is 0.279. The van der Waals surface area contributed by atoms with Crippen molar-refractivity contribution < 1.29 is 9.47 Å². The molecule has 20 heavy (non-hydrogen) atoms. The minimum atomic E-state index is 0.279. The average molecular weight is 286 g/mol. The number of hydrogen-bond acceptors (Lipinski definition) is 1. The summed E-state index contributed by atoms with van der Waals surface area (Å²) in [6, 6.07) is 0. The van der Waals surface area contributed by atoms with E-state index >= 15 is 0 Å². The number of halogens is 1. The predicted molar refractivity (Wildman–Crippen MR) is 84.4 cm³/mol. The molecule has 1 nitrogen and oxygen atoms in total. The van der Waals surface area contributed by atoms with E-state index in [-0.39, 0.29) is 6.61 Å². The van der Waals surface area contributed by atoms with E-state index in [1.54, 1.807) is 0 Å². The van der Waals surface area contributed by atoms with Crippen molar-refractivity contribution in [3.05, 3.63) is 0 Å². The predicted octanol–water partition coefficient (Wildman–Crippen LogP) is 6.76. The third kappa shape index (κ3) is 10.7. The topological polar surface area (TPSA) is 9.23 Å². The van der Waals surface area contributed by atoms with Crippen LogP contribution in [0.5, 0.6) is 0 Å². The molecular weight excluding hydrogens is 251 g/mol. The molecule has 0 saturated heterocycles. The summed E-state index contributed by atoms with van der Waals surface area (Å²) in [5.74, 6) is 1.07. The maximum absolute atomic E-state index is 11.4. The standard InChI is InChI=1S/C18H35FO/c19-20-17-13-8-6-4-2-1-3-5-7-10-14-18-15-11-9-12-16-18/h18H,1-17H2. The minimum absolute atomic E-state index is 0.279. The molecule has 0 unspecified atom stereocenters. The molecule has 0 N–H and O–H groups in total. The van der Waals surface area contributed by atoms with Crippen molar-refractivity contribution in [1.82, 2.24) is 0 Å². The van der Waals surface area contributed by atoms with Crippen LogP contribution in [0.4, 0.5) is 4.53 Å². The molecule has 0 amide bonds. The van der Waals surface area contributed by atoms with Gasteiger partial charge in [0.25, 0.3) is 0 Å². The van der Waals surface area contributed by atoms with Crippen LogP contribution in [0.25, 0.3) is 0 Å². The molecule has 0 heterocycles. The van der Waals surface area contributed by atoms with E-state index in [1.165, 1.54) is 89.9 Å². The van der Waals surface area contributed by atoms with E-state index in [1.807, 2.05) is 0 Å². The van der Waals surface area contributed by atoms with Crippen molar-refractivity contribution in [2.24, 2.45) is 5.92 Å². The molecule has 0 radical (unpaired) electrons. The van der Waals surface area contributed by atoms with Gasteiger partial charge in [0.2, 0.25) is 0 Å². The number of rotatable bonds is 13. The summed E-state index contributed by atoms with van der Waals surface area (Å²) in [4.78, 5) is 3.57. The zero-order chi connectivity index (χ0) is 14.3. The van der Waals surface area contributed by atoms with Crippen LogP contribution in [0.2, 0.25) is 0 Å². The van der Waals surface area contributed by atoms with Crippen LogP contribution >= 0.6 is 0 Å². The van der Waals surface area contributed by atoms with Crippen molar-refractivity contribution in [3.8, 4) is 0 Å². The first-order valence-electron chi connectivity index (χ1n) is 9.17. The molecule has 2 heteroatoms. The van der Waals surface area contributed by atoms with Gasteiger partial charge in [-0.15, -0.1) is 0 Å². The lowest BCUT2D eigenvalue weighted by Gasteiger charge is -2.21. The van der Waals surface area contributed by atoms with Crippen LogP contribution in [-0.4, -0.2) is 6.61 Å². The van der Waals surface area contributed by atoms with E-state index in [2.05, 4.69) is 4.94 Å². The average Bonchev–Trinajstić information content (AvgIpc) is 2.49. The summed E-state index contributed by atoms with van der Waals surface area (Å²) < 4.78 is 11.4. The highest BCUT2D eigenvalue weighted by atomic mass is 19.3. The lowest BCUT2D eigenvalue weighted by molar-refractivity contribution is -0.133. The van der Waals surface area contributed by atoms with Crippen LogP contribution in [-0.2, 0) is 4.94 Å². The molecule has 0 aromatic carbocycles. The van der Waals surface area contributed by atoms with Crippen LogP contribution in [0.1, 0.15) is 103 Å². The first-order valence-corrected chi connectivity index (χ1v) is 9.17. The van der Waals surface area contributed by atoms with Gasteiger partial charge in [0.15, 0.2) is 0 Å². The van der Waals surface area contributed by atoms with Gasteiger partial charge in [-0.2, -0.15) is 4.94 Å². The molecule has 1 aliphatic carbocycles. The third-order valence-electron chi connectivity index (χ3n) is 4.81. The van der Waals surface area contributed by atoms with Crippen molar-refractivity contribution in [2.75, 3.05) is 6.61 Å². The van der Waals surface area contributed by atoms with Gasteiger partial charge in [-0.25, -0.2) is 0 Å². The zero-order valence-electron chi connectivity index (χ0n) is 13.4. The molecule has 0 spiro atoms. The van der Waals surface area contributed by atoms with Gasteiger partial charge < -0.3 is 0 Å². The smallest absolute Gasteiger partial charge is 0.0876 e. The van der Waals surface area contributed by atoms with E-state index in [9.17, 15) is 4.53 Å². The summed E-state index contributed by atoms with van der Waals surface area (Å²) >= 11 is 0. The molecule has 0 aromatic heterocycles. The molecule has 1 saturated carbocycles. The normalized spacial score (nSPS) is 16.6. The highest BCUT2D eigenvalue weighted by Crippen LogP contribution is 2.28. The Morgan fingerprint density at radius 3 is 1.70 bits per heavy atom. The lowest BCUT2D eigenvalue weighted by Crippen LogP contribution is -2.05. The molecule has 0 aliphatic heterocycles. The van der Waals surface area contributed by atoms with E-state index in [0.717, 1.165) is 18.8 Å². The van der Waals surface area contributed by atoms with Gasteiger partial charge in [0.05, 0.1) is 6.61 Å². The fourth-order valence-electron chi connectivity index (χ4n) is 3.48. The summed E-state index contributed by atoms with van der Waals surface area (Å²) in [7, 11) is 0. The minimum Gasteiger partial charge on any atom is -0.194 e. The van der Waals surface area contributed by atoms with E-state index in [4.69, 9.17) is 0 Å².